The van der Waals surface area contributed by atoms with E-state index in [4.69, 9.17) is 15.2 Å². The number of nitrogen functional groups attached to an aromatic ring is 1. The Morgan fingerprint density at radius 1 is 1.35 bits per heavy atom. The normalized spacial score (nSPS) is 13.3. The van der Waals surface area contributed by atoms with E-state index in [1.165, 1.54) is 0 Å². The van der Waals surface area contributed by atoms with Gasteiger partial charge in [0.15, 0.2) is 17.8 Å². The standard InChI is InChI=1S/C13H12BrN3O3/c1-17-13(15)8(5-16-17)7-4-10(14)9(6-18)12-11(7)19-2-3-20-12/h4-6H,2-3,15H2,1H3. The summed E-state index contributed by atoms with van der Waals surface area (Å²) in [7, 11) is 1.76. The highest BCUT2D eigenvalue weighted by molar-refractivity contribution is 9.10. The smallest absolute Gasteiger partial charge is 0.173 e. The first-order valence-electron chi connectivity index (χ1n) is 5.98. The van der Waals surface area contributed by atoms with Gasteiger partial charge in [0.1, 0.15) is 19.0 Å². The predicted octanol–water partition coefficient (Wildman–Crippen LogP) is 2.02. The van der Waals surface area contributed by atoms with Crippen LogP contribution in [0.3, 0.4) is 0 Å². The Balaban J connectivity index is 2.29. The largest absolute Gasteiger partial charge is 0.485 e. The van der Waals surface area contributed by atoms with E-state index >= 15 is 0 Å². The number of carbonyl (C=O) groups is 1. The molecule has 1 aliphatic heterocycles. The molecule has 7 heteroatoms. The van der Waals surface area contributed by atoms with Gasteiger partial charge in [-0.2, -0.15) is 5.10 Å². The summed E-state index contributed by atoms with van der Waals surface area (Å²) in [6.45, 7) is 0.840. The van der Waals surface area contributed by atoms with Gasteiger partial charge in [-0.25, -0.2) is 0 Å². The molecule has 0 amide bonds. The fourth-order valence-electron chi connectivity index (χ4n) is 2.16. The van der Waals surface area contributed by atoms with Crippen molar-refractivity contribution in [3.05, 3.63) is 22.3 Å². The number of hydrogen-bond acceptors (Lipinski definition) is 5. The lowest BCUT2D eigenvalue weighted by Gasteiger charge is -2.23. The molecule has 0 unspecified atom stereocenters. The number of nitrogens with two attached hydrogens (primary N) is 1. The van der Waals surface area contributed by atoms with E-state index in [-0.39, 0.29) is 0 Å². The molecule has 0 aliphatic carbocycles. The number of aldehydes is 1. The van der Waals surface area contributed by atoms with Crippen molar-refractivity contribution in [1.29, 1.82) is 0 Å². The molecule has 2 aromatic rings. The fraction of sp³-hybridized carbons (Fsp3) is 0.231. The lowest BCUT2D eigenvalue weighted by atomic mass is 10.0. The number of aryl methyl sites for hydroxylation is 1. The summed E-state index contributed by atoms with van der Waals surface area (Å²) >= 11 is 3.38. The summed E-state index contributed by atoms with van der Waals surface area (Å²) in [5.41, 5.74) is 7.94. The Kier molecular flexibility index (Phi) is 3.13. The summed E-state index contributed by atoms with van der Waals surface area (Å²) in [6.07, 6.45) is 2.41. The molecule has 0 spiro atoms. The summed E-state index contributed by atoms with van der Waals surface area (Å²) in [6, 6.07) is 1.80. The van der Waals surface area contributed by atoms with Gasteiger partial charge in [0.2, 0.25) is 0 Å². The number of halogens is 1. The van der Waals surface area contributed by atoms with Gasteiger partial charge in [-0.15, -0.1) is 0 Å². The molecule has 0 atom stereocenters. The van der Waals surface area contributed by atoms with Crippen molar-refractivity contribution in [3.63, 3.8) is 0 Å². The maximum Gasteiger partial charge on any atom is 0.173 e. The lowest BCUT2D eigenvalue weighted by molar-refractivity contribution is 0.111. The Morgan fingerprint density at radius 2 is 2.05 bits per heavy atom. The summed E-state index contributed by atoms with van der Waals surface area (Å²) < 4.78 is 13.5. The maximum absolute atomic E-state index is 11.2. The number of rotatable bonds is 2. The maximum atomic E-state index is 11.2. The number of fused-ring (bicyclic) bond motifs is 1. The minimum absolute atomic E-state index is 0.409. The number of benzene rings is 1. The first-order chi connectivity index (χ1) is 9.63. The van der Waals surface area contributed by atoms with Gasteiger partial charge in [0, 0.05) is 22.6 Å². The summed E-state index contributed by atoms with van der Waals surface area (Å²) in [5.74, 6) is 1.49. The monoisotopic (exact) mass is 337 g/mol. The van der Waals surface area contributed by atoms with Crippen molar-refractivity contribution in [2.75, 3.05) is 18.9 Å². The first-order valence-corrected chi connectivity index (χ1v) is 6.78. The number of anilines is 1. The van der Waals surface area contributed by atoms with Crippen LogP contribution < -0.4 is 15.2 Å². The molecule has 1 aromatic heterocycles. The number of hydrogen-bond donors (Lipinski definition) is 1. The second kappa shape index (κ2) is 4.82. The highest BCUT2D eigenvalue weighted by atomic mass is 79.9. The molecule has 0 fully saturated rings. The average molecular weight is 338 g/mol. The zero-order chi connectivity index (χ0) is 14.3. The molecule has 104 valence electrons. The van der Waals surface area contributed by atoms with Crippen LogP contribution in [-0.4, -0.2) is 29.3 Å². The molecule has 1 aliphatic rings. The van der Waals surface area contributed by atoms with Crippen LogP contribution in [0.2, 0.25) is 0 Å². The third kappa shape index (κ3) is 1.85. The van der Waals surface area contributed by atoms with Crippen molar-refractivity contribution < 1.29 is 14.3 Å². The second-order valence-corrected chi connectivity index (χ2v) is 5.21. The second-order valence-electron chi connectivity index (χ2n) is 4.36. The Bertz CT molecular complexity index is 697. The average Bonchev–Trinajstić information content (AvgIpc) is 2.78. The quantitative estimate of drug-likeness (QED) is 0.848. The van der Waals surface area contributed by atoms with Crippen LogP contribution >= 0.6 is 15.9 Å². The molecule has 0 saturated heterocycles. The van der Waals surface area contributed by atoms with Crippen molar-refractivity contribution in [2.24, 2.45) is 7.05 Å². The topological polar surface area (TPSA) is 79.4 Å². The van der Waals surface area contributed by atoms with Gasteiger partial charge in [-0.05, 0) is 22.0 Å². The number of aromatic nitrogens is 2. The lowest BCUT2D eigenvalue weighted by Crippen LogP contribution is -2.17. The van der Waals surface area contributed by atoms with E-state index in [0.717, 1.165) is 17.4 Å². The van der Waals surface area contributed by atoms with Crippen LogP contribution in [0.1, 0.15) is 10.4 Å². The summed E-state index contributed by atoms with van der Waals surface area (Å²) in [4.78, 5) is 11.2. The SMILES string of the molecule is Cn1ncc(-c2cc(Br)c(C=O)c3c2OCCO3)c1N. The number of carbonyl (C=O) groups excluding carboxylic acids is 1. The van der Waals surface area contributed by atoms with Crippen LogP contribution in [0.4, 0.5) is 5.82 Å². The zero-order valence-electron chi connectivity index (χ0n) is 10.7. The molecule has 2 N–H and O–H groups in total. The van der Waals surface area contributed by atoms with Crippen molar-refractivity contribution >= 4 is 28.0 Å². The van der Waals surface area contributed by atoms with Crippen LogP contribution in [0.5, 0.6) is 11.5 Å². The van der Waals surface area contributed by atoms with E-state index in [1.54, 1.807) is 24.0 Å². The molecule has 0 bridgehead atoms. The minimum atomic E-state index is 0.409. The van der Waals surface area contributed by atoms with Gasteiger partial charge in [0.25, 0.3) is 0 Å². The van der Waals surface area contributed by atoms with Gasteiger partial charge >= 0.3 is 0 Å². The molecule has 1 aromatic carbocycles. The van der Waals surface area contributed by atoms with Gasteiger partial charge < -0.3 is 15.2 Å². The molecule has 3 rings (SSSR count). The third-order valence-electron chi connectivity index (χ3n) is 3.19. The summed E-state index contributed by atoms with van der Waals surface area (Å²) in [5, 5.41) is 4.12. The fourth-order valence-corrected chi connectivity index (χ4v) is 2.66. The Labute approximate surface area is 123 Å². The van der Waals surface area contributed by atoms with Gasteiger partial charge in [-0.3, -0.25) is 9.48 Å². The predicted molar refractivity (Wildman–Crippen MR) is 77.1 cm³/mol. The highest BCUT2D eigenvalue weighted by Gasteiger charge is 2.25. The molecule has 2 heterocycles. The zero-order valence-corrected chi connectivity index (χ0v) is 12.3. The van der Waals surface area contributed by atoms with Gasteiger partial charge in [0.05, 0.1) is 11.8 Å². The molecule has 20 heavy (non-hydrogen) atoms. The molecular formula is C13H12BrN3O3. The van der Waals surface area contributed by atoms with E-state index in [9.17, 15) is 4.79 Å². The van der Waals surface area contributed by atoms with Crippen LogP contribution in [0, 0.1) is 0 Å². The van der Waals surface area contributed by atoms with Crippen molar-refractivity contribution in [3.8, 4) is 22.6 Å². The number of nitrogens with zero attached hydrogens (tertiary/aromatic N) is 2. The van der Waals surface area contributed by atoms with Crippen LogP contribution in [-0.2, 0) is 7.05 Å². The van der Waals surface area contributed by atoms with Crippen molar-refractivity contribution in [1.82, 2.24) is 9.78 Å². The van der Waals surface area contributed by atoms with Crippen LogP contribution in [0.15, 0.2) is 16.7 Å². The van der Waals surface area contributed by atoms with E-state index in [0.29, 0.717) is 40.6 Å². The van der Waals surface area contributed by atoms with Crippen LogP contribution in [0.25, 0.3) is 11.1 Å². The van der Waals surface area contributed by atoms with E-state index < -0.39 is 0 Å². The molecular weight excluding hydrogens is 326 g/mol. The number of ether oxygens (including phenoxy) is 2. The Morgan fingerprint density at radius 3 is 2.65 bits per heavy atom. The van der Waals surface area contributed by atoms with Gasteiger partial charge in [-0.1, -0.05) is 0 Å². The molecule has 0 saturated carbocycles. The van der Waals surface area contributed by atoms with Crippen molar-refractivity contribution in [2.45, 2.75) is 0 Å². The van der Waals surface area contributed by atoms with E-state index in [2.05, 4.69) is 21.0 Å². The minimum Gasteiger partial charge on any atom is -0.485 e. The Hall–Kier alpha value is -2.02. The first kappa shape index (κ1) is 13.0. The highest BCUT2D eigenvalue weighted by Crippen LogP contribution is 2.46. The van der Waals surface area contributed by atoms with E-state index in [1.807, 2.05) is 0 Å². The molecule has 0 radical (unpaired) electrons. The molecule has 6 nitrogen and oxygen atoms in total. The third-order valence-corrected chi connectivity index (χ3v) is 3.85.